The average Bonchev–Trinajstić information content (AvgIpc) is 2.96. The van der Waals surface area contributed by atoms with E-state index in [1.54, 1.807) is 0 Å². The van der Waals surface area contributed by atoms with E-state index in [-0.39, 0.29) is 5.54 Å². The smallest absolute Gasteiger partial charge is 0.0874 e. The molecule has 0 spiro atoms. The first-order chi connectivity index (χ1) is 12.3. The van der Waals surface area contributed by atoms with Gasteiger partial charge in [0, 0.05) is 34.3 Å². The molecule has 5 rings (SSSR count). The van der Waals surface area contributed by atoms with Crippen molar-refractivity contribution < 1.29 is 0 Å². The van der Waals surface area contributed by atoms with Crippen molar-refractivity contribution in [2.24, 2.45) is 0 Å². The molecule has 122 valence electrons. The van der Waals surface area contributed by atoms with E-state index in [2.05, 4.69) is 96.1 Å². The third kappa shape index (κ3) is 2.11. The number of hydrogen-bond acceptors (Lipinski definition) is 1. The Morgan fingerprint density at radius 1 is 0.800 bits per heavy atom. The third-order valence-corrected chi connectivity index (χ3v) is 5.40. The van der Waals surface area contributed by atoms with E-state index in [1.807, 2.05) is 0 Å². The molecule has 3 aromatic carbocycles. The van der Waals surface area contributed by atoms with Gasteiger partial charge in [0.15, 0.2) is 0 Å². The predicted molar refractivity (Wildman–Crippen MR) is 104 cm³/mol. The Morgan fingerprint density at radius 3 is 2.40 bits per heavy atom. The highest BCUT2D eigenvalue weighted by molar-refractivity contribution is 5.88. The molecule has 1 aliphatic rings. The van der Waals surface area contributed by atoms with E-state index in [4.69, 9.17) is 0 Å². The van der Waals surface area contributed by atoms with Gasteiger partial charge in [-0.15, -0.1) is 0 Å². The SMILES string of the molecule is CC1(c2ccccc2)Nc2ccccc2Cc2[nH]c3ccccc3c21. The van der Waals surface area contributed by atoms with Crippen LogP contribution in [0.25, 0.3) is 10.9 Å². The molecule has 2 heteroatoms. The van der Waals surface area contributed by atoms with Gasteiger partial charge in [-0.05, 0) is 30.2 Å². The van der Waals surface area contributed by atoms with Gasteiger partial charge in [-0.25, -0.2) is 0 Å². The first-order valence-corrected chi connectivity index (χ1v) is 8.77. The van der Waals surface area contributed by atoms with E-state index in [0.29, 0.717) is 0 Å². The van der Waals surface area contributed by atoms with Crippen molar-refractivity contribution in [3.05, 3.63) is 101 Å². The second-order valence-electron chi connectivity index (χ2n) is 6.97. The summed E-state index contributed by atoms with van der Waals surface area (Å²) in [5.41, 5.74) is 7.38. The number of aromatic nitrogens is 1. The Morgan fingerprint density at radius 2 is 1.52 bits per heavy atom. The average molecular weight is 324 g/mol. The van der Waals surface area contributed by atoms with Crippen LogP contribution in [0.5, 0.6) is 0 Å². The lowest BCUT2D eigenvalue weighted by molar-refractivity contribution is 0.664. The summed E-state index contributed by atoms with van der Waals surface area (Å²) in [4.78, 5) is 3.68. The van der Waals surface area contributed by atoms with Crippen LogP contribution in [0.15, 0.2) is 78.9 Å². The van der Waals surface area contributed by atoms with E-state index < -0.39 is 0 Å². The molecule has 0 saturated heterocycles. The van der Waals surface area contributed by atoms with Gasteiger partial charge in [-0.1, -0.05) is 66.7 Å². The van der Waals surface area contributed by atoms with Crippen LogP contribution in [0, 0.1) is 0 Å². The van der Waals surface area contributed by atoms with Gasteiger partial charge < -0.3 is 10.3 Å². The minimum atomic E-state index is -0.289. The fraction of sp³-hybridized carbons (Fsp3) is 0.130. The highest BCUT2D eigenvalue weighted by Crippen LogP contribution is 2.43. The van der Waals surface area contributed by atoms with E-state index in [0.717, 1.165) is 6.42 Å². The maximum atomic E-state index is 3.87. The number of hydrogen-bond donors (Lipinski definition) is 2. The minimum Gasteiger partial charge on any atom is -0.371 e. The van der Waals surface area contributed by atoms with Crippen LogP contribution in [-0.2, 0) is 12.0 Å². The Bertz CT molecular complexity index is 1060. The maximum absolute atomic E-state index is 3.87. The number of benzene rings is 3. The number of H-pyrrole nitrogens is 1. The Labute approximate surface area is 147 Å². The number of nitrogens with one attached hydrogen (secondary N) is 2. The van der Waals surface area contributed by atoms with Crippen LogP contribution < -0.4 is 5.32 Å². The number of rotatable bonds is 1. The summed E-state index contributed by atoms with van der Waals surface area (Å²) < 4.78 is 0. The molecular weight excluding hydrogens is 304 g/mol. The zero-order chi connectivity index (χ0) is 16.9. The highest BCUT2D eigenvalue weighted by atomic mass is 15.0. The second-order valence-corrected chi connectivity index (χ2v) is 6.97. The van der Waals surface area contributed by atoms with Gasteiger partial charge in [0.1, 0.15) is 0 Å². The molecule has 1 atom stereocenters. The van der Waals surface area contributed by atoms with Crippen molar-refractivity contribution in [3.63, 3.8) is 0 Å². The van der Waals surface area contributed by atoms with Crippen LogP contribution >= 0.6 is 0 Å². The highest BCUT2D eigenvalue weighted by Gasteiger charge is 2.36. The summed E-state index contributed by atoms with van der Waals surface area (Å²) in [6, 6.07) is 28.0. The molecule has 25 heavy (non-hydrogen) atoms. The van der Waals surface area contributed by atoms with Crippen LogP contribution in [0.2, 0.25) is 0 Å². The van der Waals surface area contributed by atoms with Gasteiger partial charge in [0.05, 0.1) is 5.54 Å². The molecule has 1 unspecified atom stereocenters. The predicted octanol–water partition coefficient (Wildman–Crippen LogP) is 5.45. The summed E-state index contributed by atoms with van der Waals surface area (Å²) in [5, 5.41) is 5.16. The third-order valence-electron chi connectivity index (χ3n) is 5.40. The minimum absolute atomic E-state index is 0.289. The topological polar surface area (TPSA) is 27.8 Å². The molecule has 0 amide bonds. The standard InChI is InChI=1S/C23H20N2/c1-23(17-10-3-2-4-11-17)22-18-12-6-8-14-20(18)24-21(22)15-16-9-5-7-13-19(16)25-23/h2-14,24-25H,15H2,1H3. The van der Waals surface area contributed by atoms with Crippen molar-refractivity contribution in [2.75, 3.05) is 5.32 Å². The number of aromatic amines is 1. The summed E-state index contributed by atoms with van der Waals surface area (Å²) in [5.74, 6) is 0. The normalized spacial score (nSPS) is 18.9. The molecule has 0 fully saturated rings. The van der Waals surface area contributed by atoms with Gasteiger partial charge in [0.25, 0.3) is 0 Å². The molecule has 1 aliphatic heterocycles. The number of fused-ring (bicyclic) bond motifs is 4. The van der Waals surface area contributed by atoms with Crippen molar-refractivity contribution in [3.8, 4) is 0 Å². The zero-order valence-electron chi connectivity index (χ0n) is 14.2. The van der Waals surface area contributed by atoms with Crippen molar-refractivity contribution in [1.29, 1.82) is 0 Å². The maximum Gasteiger partial charge on any atom is 0.0874 e. The number of anilines is 1. The van der Waals surface area contributed by atoms with Crippen molar-refractivity contribution >= 4 is 16.6 Å². The fourth-order valence-corrected chi connectivity index (χ4v) is 4.21. The lowest BCUT2D eigenvalue weighted by atomic mass is 9.83. The fourth-order valence-electron chi connectivity index (χ4n) is 4.21. The second kappa shape index (κ2) is 5.25. The zero-order valence-corrected chi connectivity index (χ0v) is 14.2. The largest absolute Gasteiger partial charge is 0.371 e. The van der Waals surface area contributed by atoms with Crippen LogP contribution in [0.3, 0.4) is 0 Å². The van der Waals surface area contributed by atoms with Crippen LogP contribution in [-0.4, -0.2) is 4.98 Å². The van der Waals surface area contributed by atoms with E-state index in [1.165, 1.54) is 39.0 Å². The monoisotopic (exact) mass is 324 g/mol. The first kappa shape index (κ1) is 14.4. The van der Waals surface area contributed by atoms with Gasteiger partial charge in [-0.3, -0.25) is 0 Å². The Kier molecular flexibility index (Phi) is 3.01. The molecule has 0 bridgehead atoms. The Hall–Kier alpha value is -3.00. The summed E-state index contributed by atoms with van der Waals surface area (Å²) in [7, 11) is 0. The van der Waals surface area contributed by atoms with Crippen molar-refractivity contribution in [2.45, 2.75) is 18.9 Å². The molecule has 0 aliphatic carbocycles. The lowest BCUT2D eigenvalue weighted by Crippen LogP contribution is -2.33. The lowest BCUT2D eigenvalue weighted by Gasteiger charge is -2.32. The first-order valence-electron chi connectivity index (χ1n) is 8.77. The van der Waals surface area contributed by atoms with Gasteiger partial charge in [-0.2, -0.15) is 0 Å². The van der Waals surface area contributed by atoms with E-state index in [9.17, 15) is 0 Å². The summed E-state index contributed by atoms with van der Waals surface area (Å²) >= 11 is 0. The quantitative estimate of drug-likeness (QED) is 0.479. The van der Waals surface area contributed by atoms with E-state index >= 15 is 0 Å². The summed E-state index contributed by atoms with van der Waals surface area (Å²) in [6.45, 7) is 2.30. The van der Waals surface area contributed by atoms with Crippen molar-refractivity contribution in [1.82, 2.24) is 4.98 Å². The molecule has 2 nitrogen and oxygen atoms in total. The molecule has 4 aromatic rings. The molecule has 2 heterocycles. The molecule has 0 saturated carbocycles. The Balaban J connectivity index is 1.86. The molecule has 1 aromatic heterocycles. The molecule has 2 N–H and O–H groups in total. The summed E-state index contributed by atoms with van der Waals surface area (Å²) in [6.07, 6.45) is 0.912. The van der Waals surface area contributed by atoms with Gasteiger partial charge >= 0.3 is 0 Å². The van der Waals surface area contributed by atoms with Crippen LogP contribution in [0.1, 0.15) is 29.3 Å². The molecule has 0 radical (unpaired) electrons. The number of para-hydroxylation sites is 2. The van der Waals surface area contributed by atoms with Gasteiger partial charge in [0.2, 0.25) is 0 Å². The van der Waals surface area contributed by atoms with Crippen LogP contribution in [0.4, 0.5) is 5.69 Å². The molecular formula is C23H20N2.